The molecule has 0 saturated carbocycles. The fourth-order valence-electron chi connectivity index (χ4n) is 3.72. The highest BCUT2D eigenvalue weighted by molar-refractivity contribution is 5.97. The van der Waals surface area contributed by atoms with Crippen LogP contribution in [0.1, 0.15) is 16.7 Å². The molecule has 6 heteroatoms. The number of anilines is 1. The highest BCUT2D eigenvalue weighted by Gasteiger charge is 2.07. The van der Waals surface area contributed by atoms with E-state index in [4.69, 9.17) is 0 Å². The van der Waals surface area contributed by atoms with Crippen molar-refractivity contribution in [1.29, 1.82) is 0 Å². The Kier molecular flexibility index (Phi) is 6.85. The van der Waals surface area contributed by atoms with Crippen LogP contribution in [0.5, 0.6) is 0 Å². The van der Waals surface area contributed by atoms with Crippen molar-refractivity contribution in [3.8, 4) is 0 Å². The van der Waals surface area contributed by atoms with Crippen molar-refractivity contribution < 1.29 is 0 Å². The van der Waals surface area contributed by atoms with Gasteiger partial charge in [-0.25, -0.2) is 0 Å². The van der Waals surface area contributed by atoms with Crippen molar-refractivity contribution in [2.75, 3.05) is 5.32 Å². The third-order valence-electron chi connectivity index (χ3n) is 5.79. The van der Waals surface area contributed by atoms with Gasteiger partial charge in [0.1, 0.15) is 0 Å². The first kappa shape index (κ1) is 23.1. The molecule has 1 N–H and O–H groups in total. The van der Waals surface area contributed by atoms with Gasteiger partial charge in [-0.1, -0.05) is 47.5 Å². The number of azo groups is 2. The van der Waals surface area contributed by atoms with E-state index in [-0.39, 0.29) is 0 Å². The van der Waals surface area contributed by atoms with E-state index in [0.717, 1.165) is 45.9 Å². The number of hydrogen-bond acceptors (Lipinski definition) is 6. The molecular weight excluding hydrogens is 444 g/mol. The average molecular weight is 471 g/mol. The molecule has 1 aromatic heterocycles. The normalized spacial score (nSPS) is 11.5. The summed E-state index contributed by atoms with van der Waals surface area (Å²) in [5.74, 6) is 0. The van der Waals surface area contributed by atoms with Gasteiger partial charge in [0, 0.05) is 18.1 Å². The second kappa shape index (κ2) is 10.7. The zero-order chi connectivity index (χ0) is 24.7. The Bertz CT molecular complexity index is 1520. The van der Waals surface area contributed by atoms with Gasteiger partial charge in [-0.3, -0.25) is 4.98 Å². The van der Waals surface area contributed by atoms with Gasteiger partial charge in [-0.05, 0) is 80.1 Å². The lowest BCUT2D eigenvalue weighted by Crippen LogP contribution is -2.00. The van der Waals surface area contributed by atoms with Crippen molar-refractivity contribution >= 4 is 39.3 Å². The van der Waals surface area contributed by atoms with E-state index < -0.39 is 0 Å². The molecule has 0 atom stereocenters. The van der Waals surface area contributed by atoms with Crippen LogP contribution in [0.4, 0.5) is 28.4 Å². The molecule has 5 rings (SSSR count). The third kappa shape index (κ3) is 5.67. The minimum atomic E-state index is 0.723. The van der Waals surface area contributed by atoms with E-state index >= 15 is 0 Å². The van der Waals surface area contributed by atoms with Crippen LogP contribution in [-0.2, 0) is 6.54 Å². The smallest absolute Gasteiger partial charge is 0.0955 e. The summed E-state index contributed by atoms with van der Waals surface area (Å²) >= 11 is 0. The van der Waals surface area contributed by atoms with E-state index in [2.05, 4.69) is 61.9 Å². The van der Waals surface area contributed by atoms with Gasteiger partial charge in [-0.15, -0.1) is 5.11 Å². The molecule has 4 aromatic carbocycles. The van der Waals surface area contributed by atoms with Crippen LogP contribution >= 0.6 is 0 Å². The molecule has 0 fully saturated rings. The van der Waals surface area contributed by atoms with Crippen molar-refractivity contribution in [2.24, 2.45) is 20.5 Å². The van der Waals surface area contributed by atoms with Gasteiger partial charge in [0.2, 0.25) is 0 Å². The summed E-state index contributed by atoms with van der Waals surface area (Å²) in [4.78, 5) is 4.60. The summed E-state index contributed by atoms with van der Waals surface area (Å²) in [5, 5.41) is 22.0. The third-order valence-corrected chi connectivity index (χ3v) is 5.79. The van der Waals surface area contributed by atoms with Gasteiger partial charge < -0.3 is 5.32 Å². The Morgan fingerprint density at radius 1 is 0.611 bits per heavy atom. The molecule has 36 heavy (non-hydrogen) atoms. The average Bonchev–Trinajstić information content (AvgIpc) is 2.92. The number of benzene rings is 4. The molecule has 1 heterocycles. The van der Waals surface area contributed by atoms with E-state index in [1.807, 2.05) is 79.7 Å². The lowest BCUT2D eigenvalue weighted by molar-refractivity contribution is 1.14. The number of aryl methyl sites for hydroxylation is 2. The lowest BCUT2D eigenvalue weighted by Gasteiger charge is -2.10. The molecule has 0 aliphatic rings. The Labute approximate surface area is 210 Å². The zero-order valence-corrected chi connectivity index (χ0v) is 20.3. The molecule has 0 radical (unpaired) electrons. The maximum Gasteiger partial charge on any atom is 0.0955 e. The predicted molar refractivity (Wildman–Crippen MR) is 146 cm³/mol. The largest absolute Gasteiger partial charge is 0.379 e. The molecule has 0 saturated heterocycles. The molecular formula is C30H26N6. The quantitative estimate of drug-likeness (QED) is 0.241. The number of hydrogen-bond donors (Lipinski definition) is 1. The van der Waals surface area contributed by atoms with Crippen LogP contribution in [0.2, 0.25) is 0 Å². The van der Waals surface area contributed by atoms with Crippen LogP contribution in [0.25, 0.3) is 10.9 Å². The summed E-state index contributed by atoms with van der Waals surface area (Å²) in [6.45, 7) is 4.86. The molecule has 176 valence electrons. The molecule has 0 amide bonds. The first-order valence-electron chi connectivity index (χ1n) is 11.8. The molecule has 0 spiro atoms. The Hall–Kier alpha value is -4.71. The number of nitrogens with one attached hydrogen (secondary N) is 1. The minimum Gasteiger partial charge on any atom is -0.379 e. The van der Waals surface area contributed by atoms with Crippen LogP contribution < -0.4 is 5.32 Å². The van der Waals surface area contributed by atoms with Crippen LogP contribution in [-0.4, -0.2) is 4.98 Å². The topological polar surface area (TPSA) is 74.4 Å². The first-order chi connectivity index (χ1) is 17.6. The van der Waals surface area contributed by atoms with Crippen LogP contribution in [0.15, 0.2) is 124 Å². The van der Waals surface area contributed by atoms with Gasteiger partial charge in [0.15, 0.2) is 0 Å². The highest BCUT2D eigenvalue weighted by Crippen LogP contribution is 2.32. The SMILES string of the molecule is Cc1ccc(CNc2ccc(N=Nc3ccc(N=Nc4ccc(C)cc4)cc3)c3cccnc23)cc1. The minimum absolute atomic E-state index is 0.723. The Balaban J connectivity index is 1.30. The van der Waals surface area contributed by atoms with Crippen LogP contribution in [0.3, 0.4) is 0 Å². The first-order valence-corrected chi connectivity index (χ1v) is 11.8. The fourth-order valence-corrected chi connectivity index (χ4v) is 3.72. The Morgan fingerprint density at radius 2 is 1.17 bits per heavy atom. The fraction of sp³-hybridized carbons (Fsp3) is 0.100. The van der Waals surface area contributed by atoms with Gasteiger partial charge in [-0.2, -0.15) is 15.3 Å². The van der Waals surface area contributed by atoms with Gasteiger partial charge >= 0.3 is 0 Å². The molecule has 0 aliphatic carbocycles. The maximum absolute atomic E-state index is 4.60. The van der Waals surface area contributed by atoms with E-state index in [1.54, 1.807) is 6.20 Å². The number of rotatable bonds is 7. The van der Waals surface area contributed by atoms with Gasteiger partial charge in [0.05, 0.1) is 34.0 Å². The summed E-state index contributed by atoms with van der Waals surface area (Å²) in [6, 6.07) is 31.9. The van der Waals surface area contributed by atoms with Crippen molar-refractivity contribution in [3.63, 3.8) is 0 Å². The van der Waals surface area contributed by atoms with Crippen molar-refractivity contribution in [2.45, 2.75) is 20.4 Å². The number of pyridine rings is 1. The maximum atomic E-state index is 4.60. The molecule has 0 bridgehead atoms. The summed E-state index contributed by atoms with van der Waals surface area (Å²) in [5.41, 5.74) is 8.58. The second-order valence-electron chi connectivity index (χ2n) is 8.62. The molecule has 0 unspecified atom stereocenters. The Morgan fingerprint density at radius 3 is 1.81 bits per heavy atom. The number of nitrogens with zero attached hydrogens (tertiary/aromatic N) is 5. The lowest BCUT2D eigenvalue weighted by atomic mass is 10.1. The highest BCUT2D eigenvalue weighted by atomic mass is 15.1. The predicted octanol–water partition coefficient (Wildman–Crippen LogP) is 9.29. The standard InChI is InChI=1S/C30H26N6/c1-21-5-9-23(10-6-21)20-32-29-18-17-28(27-4-3-19-31-30(27)29)36-35-26-15-13-25(14-16-26)34-33-24-11-7-22(2)8-12-24/h3-19,32H,20H2,1-2H3. The number of fused-ring (bicyclic) bond motifs is 1. The van der Waals surface area contributed by atoms with E-state index in [0.29, 0.717) is 0 Å². The summed E-state index contributed by atoms with van der Waals surface area (Å²) in [6.07, 6.45) is 1.80. The van der Waals surface area contributed by atoms with Crippen molar-refractivity contribution in [1.82, 2.24) is 4.98 Å². The second-order valence-corrected chi connectivity index (χ2v) is 8.62. The van der Waals surface area contributed by atoms with Gasteiger partial charge in [0.25, 0.3) is 0 Å². The zero-order valence-electron chi connectivity index (χ0n) is 20.3. The molecule has 0 aliphatic heterocycles. The molecule has 5 aromatic rings. The van der Waals surface area contributed by atoms with E-state index in [9.17, 15) is 0 Å². The monoisotopic (exact) mass is 470 g/mol. The summed E-state index contributed by atoms with van der Waals surface area (Å²) in [7, 11) is 0. The van der Waals surface area contributed by atoms with E-state index in [1.165, 1.54) is 16.7 Å². The van der Waals surface area contributed by atoms with Crippen LogP contribution in [0, 0.1) is 13.8 Å². The van der Waals surface area contributed by atoms with Crippen molar-refractivity contribution in [3.05, 3.63) is 120 Å². The summed E-state index contributed by atoms with van der Waals surface area (Å²) < 4.78 is 0. The number of aromatic nitrogens is 1. The molecule has 6 nitrogen and oxygen atoms in total.